The van der Waals surface area contributed by atoms with Crippen molar-refractivity contribution in [3.63, 3.8) is 0 Å². The van der Waals surface area contributed by atoms with Crippen molar-refractivity contribution in [2.45, 2.75) is 39.8 Å². The van der Waals surface area contributed by atoms with Crippen molar-refractivity contribution in [1.82, 2.24) is 9.78 Å². The lowest BCUT2D eigenvalue weighted by Gasteiger charge is -2.13. The molecule has 0 saturated carbocycles. The molecule has 0 bridgehead atoms. The number of aliphatic hydroxyl groups excluding tert-OH is 1. The minimum atomic E-state index is -0.599. The minimum Gasteiger partial charge on any atom is -0.382 e. The number of aryl methyl sites for hydroxylation is 3. The first-order chi connectivity index (χ1) is 8.65. The zero-order chi connectivity index (χ0) is 13.1. The molecule has 0 amide bonds. The second-order valence-electron chi connectivity index (χ2n) is 4.55. The molecule has 1 atom stereocenters. The third-order valence-corrected chi connectivity index (χ3v) is 3.16. The number of hydrogen-bond acceptors (Lipinski definition) is 2. The van der Waals surface area contributed by atoms with E-state index >= 15 is 0 Å². The van der Waals surface area contributed by atoms with Gasteiger partial charge in [0.1, 0.15) is 6.10 Å². The molecule has 18 heavy (non-hydrogen) atoms. The highest BCUT2D eigenvalue weighted by Crippen LogP contribution is 2.23. The van der Waals surface area contributed by atoms with Gasteiger partial charge in [0, 0.05) is 6.54 Å². The Morgan fingerprint density at radius 3 is 2.67 bits per heavy atom. The summed E-state index contributed by atoms with van der Waals surface area (Å²) in [6, 6.07) is 9.97. The first-order valence-electron chi connectivity index (χ1n) is 6.47. The van der Waals surface area contributed by atoms with Crippen LogP contribution in [-0.2, 0) is 13.0 Å². The van der Waals surface area contributed by atoms with Crippen LogP contribution in [-0.4, -0.2) is 14.9 Å². The highest BCUT2D eigenvalue weighted by molar-refractivity contribution is 5.30. The van der Waals surface area contributed by atoms with Crippen LogP contribution < -0.4 is 0 Å². The smallest absolute Gasteiger partial charge is 0.121 e. The van der Waals surface area contributed by atoms with Gasteiger partial charge in [-0.1, -0.05) is 36.8 Å². The van der Waals surface area contributed by atoms with Crippen LogP contribution in [0.15, 0.2) is 30.3 Å². The molecule has 1 unspecified atom stereocenters. The fraction of sp³-hybridized carbons (Fsp3) is 0.400. The number of rotatable bonds is 4. The van der Waals surface area contributed by atoms with Crippen LogP contribution in [0.1, 0.15) is 42.5 Å². The Hall–Kier alpha value is -1.61. The lowest BCUT2D eigenvalue weighted by atomic mass is 10.0. The second kappa shape index (κ2) is 5.36. The maximum absolute atomic E-state index is 10.5. The predicted octanol–water partition coefficient (Wildman–Crippen LogP) is 2.86. The van der Waals surface area contributed by atoms with Crippen LogP contribution in [0.25, 0.3) is 0 Å². The molecule has 0 aliphatic heterocycles. The Labute approximate surface area is 108 Å². The maximum Gasteiger partial charge on any atom is 0.121 e. The Kier molecular flexibility index (Phi) is 3.82. The molecule has 1 aromatic carbocycles. The van der Waals surface area contributed by atoms with Gasteiger partial charge in [0.25, 0.3) is 0 Å². The molecule has 0 saturated heterocycles. The molecular formula is C15H20N2O. The first-order valence-corrected chi connectivity index (χ1v) is 6.47. The monoisotopic (exact) mass is 244 g/mol. The fourth-order valence-electron chi connectivity index (χ4n) is 2.14. The van der Waals surface area contributed by atoms with E-state index in [4.69, 9.17) is 0 Å². The van der Waals surface area contributed by atoms with Crippen molar-refractivity contribution in [2.24, 2.45) is 0 Å². The first kappa shape index (κ1) is 12.8. The summed E-state index contributed by atoms with van der Waals surface area (Å²) in [5, 5.41) is 14.9. The fourth-order valence-corrected chi connectivity index (χ4v) is 2.14. The van der Waals surface area contributed by atoms with E-state index in [-0.39, 0.29) is 0 Å². The van der Waals surface area contributed by atoms with E-state index in [1.807, 2.05) is 48.9 Å². The van der Waals surface area contributed by atoms with Gasteiger partial charge < -0.3 is 5.11 Å². The summed E-state index contributed by atoms with van der Waals surface area (Å²) in [6.07, 6.45) is 0.290. The van der Waals surface area contributed by atoms with E-state index in [0.717, 1.165) is 35.5 Å². The summed E-state index contributed by atoms with van der Waals surface area (Å²) < 4.78 is 1.88. The minimum absolute atomic E-state index is 0.599. The van der Waals surface area contributed by atoms with Gasteiger partial charge in [0.05, 0.1) is 11.4 Å². The molecule has 1 N–H and O–H groups in total. The molecule has 1 aromatic heterocycles. The molecule has 2 rings (SSSR count). The van der Waals surface area contributed by atoms with Crippen molar-refractivity contribution in [2.75, 3.05) is 0 Å². The van der Waals surface area contributed by atoms with E-state index in [0.29, 0.717) is 0 Å². The van der Waals surface area contributed by atoms with E-state index in [1.54, 1.807) is 0 Å². The summed E-state index contributed by atoms with van der Waals surface area (Å²) in [5.41, 5.74) is 3.98. The molecule has 0 fully saturated rings. The van der Waals surface area contributed by atoms with Crippen LogP contribution >= 0.6 is 0 Å². The summed E-state index contributed by atoms with van der Waals surface area (Å²) in [5.74, 6) is 0. The molecule has 0 radical (unpaired) electrons. The summed E-state index contributed by atoms with van der Waals surface area (Å²) in [6.45, 7) is 6.92. The van der Waals surface area contributed by atoms with Crippen LogP contribution in [0.5, 0.6) is 0 Å². The zero-order valence-corrected chi connectivity index (χ0v) is 11.2. The maximum atomic E-state index is 10.5. The van der Waals surface area contributed by atoms with Crippen molar-refractivity contribution < 1.29 is 5.11 Å². The van der Waals surface area contributed by atoms with Gasteiger partial charge in [-0.2, -0.15) is 5.10 Å². The average molecular weight is 244 g/mol. The number of hydrogen-bond donors (Lipinski definition) is 1. The van der Waals surface area contributed by atoms with Gasteiger partial charge in [0.2, 0.25) is 0 Å². The summed E-state index contributed by atoms with van der Waals surface area (Å²) in [7, 11) is 0. The SMILES string of the molecule is CCc1cc(C(O)c2cccc(C)c2)n(CC)n1. The van der Waals surface area contributed by atoms with E-state index < -0.39 is 6.10 Å². The topological polar surface area (TPSA) is 38.0 Å². The zero-order valence-electron chi connectivity index (χ0n) is 11.2. The molecule has 3 heteroatoms. The lowest BCUT2D eigenvalue weighted by molar-refractivity contribution is 0.208. The average Bonchev–Trinajstić information content (AvgIpc) is 2.81. The molecule has 0 spiro atoms. The Bertz CT molecular complexity index is 531. The quantitative estimate of drug-likeness (QED) is 0.898. The van der Waals surface area contributed by atoms with Crippen molar-refractivity contribution in [1.29, 1.82) is 0 Å². The number of nitrogens with zero attached hydrogens (tertiary/aromatic N) is 2. The molecular weight excluding hydrogens is 224 g/mol. The predicted molar refractivity (Wildman–Crippen MR) is 72.5 cm³/mol. The highest BCUT2D eigenvalue weighted by atomic mass is 16.3. The molecule has 1 heterocycles. The van der Waals surface area contributed by atoms with E-state index in [1.165, 1.54) is 0 Å². The van der Waals surface area contributed by atoms with Gasteiger partial charge in [-0.15, -0.1) is 0 Å². The highest BCUT2D eigenvalue weighted by Gasteiger charge is 2.16. The van der Waals surface area contributed by atoms with Crippen LogP contribution in [0, 0.1) is 6.92 Å². The van der Waals surface area contributed by atoms with Gasteiger partial charge in [-0.3, -0.25) is 4.68 Å². The van der Waals surface area contributed by atoms with Crippen LogP contribution in [0.2, 0.25) is 0 Å². The molecule has 0 aliphatic carbocycles. The molecule has 0 aliphatic rings. The standard InChI is InChI=1S/C15H20N2O/c1-4-13-10-14(17(5-2)16-13)15(18)12-8-6-7-11(3)9-12/h6-10,15,18H,4-5H2,1-3H3. The van der Waals surface area contributed by atoms with Gasteiger partial charge >= 0.3 is 0 Å². The Morgan fingerprint density at radius 2 is 2.06 bits per heavy atom. The van der Waals surface area contributed by atoms with Crippen molar-refractivity contribution >= 4 is 0 Å². The van der Waals surface area contributed by atoms with E-state index in [9.17, 15) is 5.11 Å². The van der Waals surface area contributed by atoms with Crippen molar-refractivity contribution in [3.05, 3.63) is 52.8 Å². The summed E-state index contributed by atoms with van der Waals surface area (Å²) >= 11 is 0. The number of aromatic nitrogens is 2. The normalized spacial score (nSPS) is 12.7. The lowest BCUT2D eigenvalue weighted by Crippen LogP contribution is -2.09. The number of aliphatic hydroxyl groups is 1. The Balaban J connectivity index is 2.38. The summed E-state index contributed by atoms with van der Waals surface area (Å²) in [4.78, 5) is 0. The molecule has 96 valence electrons. The molecule has 2 aromatic rings. The Morgan fingerprint density at radius 1 is 1.28 bits per heavy atom. The van der Waals surface area contributed by atoms with Gasteiger partial charge in [0.15, 0.2) is 0 Å². The third kappa shape index (κ3) is 2.46. The third-order valence-electron chi connectivity index (χ3n) is 3.16. The van der Waals surface area contributed by atoms with Gasteiger partial charge in [-0.25, -0.2) is 0 Å². The second-order valence-corrected chi connectivity index (χ2v) is 4.55. The van der Waals surface area contributed by atoms with E-state index in [2.05, 4.69) is 12.0 Å². The largest absolute Gasteiger partial charge is 0.382 e. The number of benzene rings is 1. The van der Waals surface area contributed by atoms with Crippen molar-refractivity contribution in [3.8, 4) is 0 Å². The van der Waals surface area contributed by atoms with Gasteiger partial charge in [-0.05, 0) is 31.9 Å². The van der Waals surface area contributed by atoms with Crippen LogP contribution in [0.3, 0.4) is 0 Å². The van der Waals surface area contributed by atoms with Crippen LogP contribution in [0.4, 0.5) is 0 Å². The molecule has 3 nitrogen and oxygen atoms in total.